The highest BCUT2D eigenvalue weighted by atomic mass is 15.1. The molecule has 0 aliphatic rings. The summed E-state index contributed by atoms with van der Waals surface area (Å²) in [6.45, 7) is 15.4. The fourth-order valence-electron chi connectivity index (χ4n) is 2.17. The molecule has 1 heteroatoms. The first-order valence-corrected chi connectivity index (χ1v) is 6.90. The Kier molecular flexibility index (Phi) is 9.18. The van der Waals surface area contributed by atoms with Crippen molar-refractivity contribution in [3.05, 3.63) is 0 Å². The lowest BCUT2D eigenvalue weighted by Crippen LogP contribution is -2.30. The van der Waals surface area contributed by atoms with E-state index < -0.39 is 0 Å². The second-order valence-electron chi connectivity index (χ2n) is 4.92. The van der Waals surface area contributed by atoms with Crippen LogP contribution in [-0.4, -0.2) is 24.5 Å². The molecule has 0 bridgehead atoms. The van der Waals surface area contributed by atoms with E-state index in [1.54, 1.807) is 0 Å². The lowest BCUT2D eigenvalue weighted by atomic mass is 9.91. The van der Waals surface area contributed by atoms with Crippen LogP contribution >= 0.6 is 0 Å². The third kappa shape index (κ3) is 6.94. The van der Waals surface area contributed by atoms with Crippen LogP contribution in [0.2, 0.25) is 0 Å². The molecule has 0 aromatic carbocycles. The first-order chi connectivity index (χ1) is 7.17. The minimum absolute atomic E-state index is 0.898. The van der Waals surface area contributed by atoms with Crippen molar-refractivity contribution in [2.45, 2.75) is 60.3 Å². The fraction of sp³-hybridized carbons (Fsp3) is 1.00. The molecular formula is C14H31N. The smallest absolute Gasteiger partial charge is 0.000954 e. The molecule has 0 spiro atoms. The number of rotatable bonds is 9. The van der Waals surface area contributed by atoms with Crippen LogP contribution in [0.25, 0.3) is 0 Å². The molecule has 0 fully saturated rings. The topological polar surface area (TPSA) is 3.24 Å². The number of hydrogen-bond donors (Lipinski definition) is 0. The molecule has 0 saturated heterocycles. The van der Waals surface area contributed by atoms with E-state index in [2.05, 4.69) is 39.5 Å². The highest BCUT2D eigenvalue weighted by Gasteiger charge is 2.13. The van der Waals surface area contributed by atoms with Gasteiger partial charge in [-0.2, -0.15) is 0 Å². The molecule has 0 aromatic rings. The van der Waals surface area contributed by atoms with E-state index in [0.717, 1.165) is 11.8 Å². The second-order valence-corrected chi connectivity index (χ2v) is 4.92. The Bertz CT molecular complexity index is 133. The summed E-state index contributed by atoms with van der Waals surface area (Å²) >= 11 is 0. The Hall–Kier alpha value is -0.0400. The van der Waals surface area contributed by atoms with Crippen LogP contribution in [-0.2, 0) is 0 Å². The van der Waals surface area contributed by atoms with Gasteiger partial charge in [0.15, 0.2) is 0 Å². The summed E-state index contributed by atoms with van der Waals surface area (Å²) in [5, 5.41) is 0. The second kappa shape index (κ2) is 9.21. The van der Waals surface area contributed by atoms with Gasteiger partial charge in [-0.25, -0.2) is 0 Å². The van der Waals surface area contributed by atoms with Crippen molar-refractivity contribution in [3.63, 3.8) is 0 Å². The summed E-state index contributed by atoms with van der Waals surface area (Å²) in [4.78, 5) is 2.61. The van der Waals surface area contributed by atoms with Gasteiger partial charge in [-0.1, -0.05) is 47.5 Å². The van der Waals surface area contributed by atoms with E-state index in [1.807, 2.05) is 0 Å². The Morgan fingerprint density at radius 2 is 1.67 bits per heavy atom. The predicted octanol–water partition coefficient (Wildman–Crippen LogP) is 4.18. The van der Waals surface area contributed by atoms with Gasteiger partial charge in [0.1, 0.15) is 0 Å². The Morgan fingerprint density at radius 1 is 1.00 bits per heavy atom. The normalized spacial score (nSPS) is 15.6. The molecule has 0 heterocycles. The highest BCUT2D eigenvalue weighted by molar-refractivity contribution is 4.66. The van der Waals surface area contributed by atoms with E-state index in [-0.39, 0.29) is 0 Å². The first kappa shape index (κ1) is 15.0. The molecular weight excluding hydrogens is 182 g/mol. The Balaban J connectivity index is 3.94. The molecule has 0 aromatic heterocycles. The third-order valence-corrected chi connectivity index (χ3v) is 3.51. The maximum atomic E-state index is 2.61. The van der Waals surface area contributed by atoms with E-state index in [1.165, 1.54) is 45.3 Å². The van der Waals surface area contributed by atoms with E-state index >= 15 is 0 Å². The summed E-state index contributed by atoms with van der Waals surface area (Å²) in [7, 11) is 0. The van der Waals surface area contributed by atoms with Crippen molar-refractivity contribution in [1.82, 2.24) is 4.90 Å². The van der Waals surface area contributed by atoms with Crippen LogP contribution in [0.1, 0.15) is 60.3 Å². The van der Waals surface area contributed by atoms with Crippen LogP contribution in [0.4, 0.5) is 0 Å². The van der Waals surface area contributed by atoms with Crippen molar-refractivity contribution in [1.29, 1.82) is 0 Å². The van der Waals surface area contributed by atoms with Crippen molar-refractivity contribution in [2.75, 3.05) is 19.6 Å². The maximum Gasteiger partial charge on any atom is 0.000954 e. The number of hydrogen-bond acceptors (Lipinski definition) is 1. The molecule has 2 atom stereocenters. The standard InChI is InChI=1S/C14H31N/c1-6-10-15(9-4)12-14(8-3)11-13(5)7-2/h13-14H,6-12H2,1-5H3. The highest BCUT2D eigenvalue weighted by Crippen LogP contribution is 2.19. The van der Waals surface area contributed by atoms with Gasteiger partial charge < -0.3 is 4.90 Å². The Labute approximate surface area is 97.2 Å². The molecule has 0 aliphatic heterocycles. The molecule has 0 rings (SSSR count). The zero-order chi connectivity index (χ0) is 11.7. The average Bonchev–Trinajstić information content (AvgIpc) is 2.26. The van der Waals surface area contributed by atoms with Gasteiger partial charge in [0.2, 0.25) is 0 Å². The zero-order valence-electron chi connectivity index (χ0n) is 11.6. The lowest BCUT2D eigenvalue weighted by Gasteiger charge is -2.27. The van der Waals surface area contributed by atoms with Gasteiger partial charge in [-0.05, 0) is 37.8 Å². The van der Waals surface area contributed by atoms with Crippen molar-refractivity contribution >= 4 is 0 Å². The minimum Gasteiger partial charge on any atom is -0.303 e. The largest absolute Gasteiger partial charge is 0.303 e. The van der Waals surface area contributed by atoms with Crippen LogP contribution in [0.5, 0.6) is 0 Å². The van der Waals surface area contributed by atoms with Crippen molar-refractivity contribution < 1.29 is 0 Å². The lowest BCUT2D eigenvalue weighted by molar-refractivity contribution is 0.216. The Morgan fingerprint density at radius 3 is 2.07 bits per heavy atom. The van der Waals surface area contributed by atoms with Crippen molar-refractivity contribution in [3.8, 4) is 0 Å². The summed E-state index contributed by atoms with van der Waals surface area (Å²) in [6, 6.07) is 0. The molecule has 0 aliphatic carbocycles. The minimum atomic E-state index is 0.898. The predicted molar refractivity (Wildman–Crippen MR) is 70.3 cm³/mol. The summed E-state index contributed by atoms with van der Waals surface area (Å²) < 4.78 is 0. The van der Waals surface area contributed by atoms with Gasteiger partial charge in [0.05, 0.1) is 0 Å². The van der Waals surface area contributed by atoms with Gasteiger partial charge >= 0.3 is 0 Å². The molecule has 2 unspecified atom stereocenters. The summed E-state index contributed by atoms with van der Waals surface area (Å²) in [5.74, 6) is 1.81. The number of nitrogens with zero attached hydrogens (tertiary/aromatic N) is 1. The van der Waals surface area contributed by atoms with Gasteiger partial charge in [0.25, 0.3) is 0 Å². The molecule has 92 valence electrons. The van der Waals surface area contributed by atoms with Gasteiger partial charge in [-0.15, -0.1) is 0 Å². The SMILES string of the molecule is CCCN(CC)CC(CC)CC(C)CC. The summed E-state index contributed by atoms with van der Waals surface area (Å²) in [5.41, 5.74) is 0. The van der Waals surface area contributed by atoms with E-state index in [0.29, 0.717) is 0 Å². The van der Waals surface area contributed by atoms with E-state index in [9.17, 15) is 0 Å². The zero-order valence-corrected chi connectivity index (χ0v) is 11.6. The fourth-order valence-corrected chi connectivity index (χ4v) is 2.17. The van der Waals surface area contributed by atoms with Crippen LogP contribution in [0.3, 0.4) is 0 Å². The van der Waals surface area contributed by atoms with E-state index in [4.69, 9.17) is 0 Å². The molecule has 1 nitrogen and oxygen atoms in total. The first-order valence-electron chi connectivity index (χ1n) is 6.90. The molecule has 0 radical (unpaired) electrons. The molecule has 15 heavy (non-hydrogen) atoms. The third-order valence-electron chi connectivity index (χ3n) is 3.51. The van der Waals surface area contributed by atoms with Crippen LogP contribution in [0, 0.1) is 11.8 Å². The quantitative estimate of drug-likeness (QED) is 0.555. The van der Waals surface area contributed by atoms with Gasteiger partial charge in [0, 0.05) is 6.54 Å². The molecule has 0 saturated carbocycles. The maximum absolute atomic E-state index is 2.61. The van der Waals surface area contributed by atoms with Gasteiger partial charge in [-0.3, -0.25) is 0 Å². The summed E-state index contributed by atoms with van der Waals surface area (Å²) in [6.07, 6.45) is 5.36. The monoisotopic (exact) mass is 213 g/mol. The molecule has 0 amide bonds. The average molecular weight is 213 g/mol. The van der Waals surface area contributed by atoms with Crippen LogP contribution in [0.15, 0.2) is 0 Å². The van der Waals surface area contributed by atoms with Crippen molar-refractivity contribution in [2.24, 2.45) is 11.8 Å². The molecule has 0 N–H and O–H groups in total. The van der Waals surface area contributed by atoms with Crippen LogP contribution < -0.4 is 0 Å².